The van der Waals surface area contributed by atoms with Crippen molar-refractivity contribution in [2.24, 2.45) is 5.92 Å². The van der Waals surface area contributed by atoms with Crippen molar-refractivity contribution in [1.82, 2.24) is 5.32 Å². The van der Waals surface area contributed by atoms with Crippen LogP contribution in [0.3, 0.4) is 0 Å². The minimum atomic E-state index is -0.591. The summed E-state index contributed by atoms with van der Waals surface area (Å²) in [4.78, 5) is 24.5. The van der Waals surface area contributed by atoms with Crippen molar-refractivity contribution in [3.63, 3.8) is 0 Å². The van der Waals surface area contributed by atoms with Crippen LogP contribution in [0.2, 0.25) is 0 Å². The van der Waals surface area contributed by atoms with E-state index in [4.69, 9.17) is 15.2 Å². The lowest BCUT2D eigenvalue weighted by Gasteiger charge is -2.27. The molecule has 1 aromatic rings. The monoisotopic (exact) mass is 378 g/mol. The van der Waals surface area contributed by atoms with E-state index in [2.05, 4.69) is 5.32 Å². The van der Waals surface area contributed by atoms with Gasteiger partial charge in [-0.25, -0.2) is 4.79 Å². The molecule has 6 nitrogen and oxygen atoms in total. The third-order valence-electron chi connectivity index (χ3n) is 3.63. The molecule has 0 radical (unpaired) electrons. The SMILES string of the molecule is C[C@H](C[C@H](Cc1ccc(N)cc1)NC(=O)OC(C)(C)C)C(=O)OC(C)(C)C. The molecule has 0 heterocycles. The summed E-state index contributed by atoms with van der Waals surface area (Å²) in [6, 6.07) is 7.19. The molecule has 27 heavy (non-hydrogen) atoms. The first-order valence-corrected chi connectivity index (χ1v) is 9.32. The molecule has 0 saturated heterocycles. The predicted molar refractivity (Wildman–Crippen MR) is 107 cm³/mol. The molecule has 1 rings (SSSR count). The van der Waals surface area contributed by atoms with E-state index in [-0.39, 0.29) is 17.9 Å². The van der Waals surface area contributed by atoms with Crippen LogP contribution in [-0.2, 0) is 20.7 Å². The minimum absolute atomic E-state index is 0.272. The molecule has 0 spiro atoms. The number of nitrogen functional groups attached to an aromatic ring is 1. The number of hydrogen-bond acceptors (Lipinski definition) is 5. The van der Waals surface area contributed by atoms with Crippen LogP contribution >= 0.6 is 0 Å². The fraction of sp³-hybridized carbons (Fsp3) is 0.619. The quantitative estimate of drug-likeness (QED) is 0.575. The lowest BCUT2D eigenvalue weighted by atomic mass is 9.96. The Morgan fingerprint density at radius 1 is 1.00 bits per heavy atom. The number of nitrogens with one attached hydrogen (secondary N) is 1. The van der Waals surface area contributed by atoms with Crippen LogP contribution in [0.5, 0.6) is 0 Å². The molecular weight excluding hydrogens is 344 g/mol. The average Bonchev–Trinajstić information content (AvgIpc) is 2.45. The van der Waals surface area contributed by atoms with Gasteiger partial charge in [-0.2, -0.15) is 0 Å². The van der Waals surface area contributed by atoms with Gasteiger partial charge in [-0.05, 0) is 72.1 Å². The van der Waals surface area contributed by atoms with Gasteiger partial charge in [-0.1, -0.05) is 19.1 Å². The first-order chi connectivity index (χ1) is 12.2. The Morgan fingerprint density at radius 2 is 1.52 bits per heavy atom. The van der Waals surface area contributed by atoms with E-state index in [1.54, 1.807) is 6.92 Å². The van der Waals surface area contributed by atoms with Crippen molar-refractivity contribution >= 4 is 17.7 Å². The highest BCUT2D eigenvalue weighted by molar-refractivity contribution is 5.73. The number of benzene rings is 1. The van der Waals surface area contributed by atoms with Gasteiger partial charge in [0.15, 0.2) is 0 Å². The number of alkyl carbamates (subject to hydrolysis) is 1. The largest absolute Gasteiger partial charge is 0.460 e. The summed E-state index contributed by atoms with van der Waals surface area (Å²) in [6.45, 7) is 12.7. The second kappa shape index (κ2) is 9.11. The molecule has 0 unspecified atom stereocenters. The molecule has 0 aliphatic carbocycles. The Balaban J connectivity index is 2.84. The molecule has 0 saturated carbocycles. The summed E-state index contributed by atoms with van der Waals surface area (Å²) >= 11 is 0. The smallest absolute Gasteiger partial charge is 0.407 e. The number of carbonyl (C=O) groups excluding carboxylic acids is 2. The van der Waals surface area contributed by atoms with Crippen molar-refractivity contribution in [3.8, 4) is 0 Å². The predicted octanol–water partition coefficient (Wildman–Crippen LogP) is 4.07. The van der Waals surface area contributed by atoms with Gasteiger partial charge in [0, 0.05) is 11.7 Å². The molecule has 3 N–H and O–H groups in total. The number of rotatable bonds is 6. The molecule has 6 heteroatoms. The average molecular weight is 379 g/mol. The molecule has 1 amide bonds. The molecule has 0 aromatic heterocycles. The van der Waals surface area contributed by atoms with Crippen LogP contribution < -0.4 is 11.1 Å². The number of hydrogen-bond donors (Lipinski definition) is 2. The first kappa shape index (κ1) is 22.8. The topological polar surface area (TPSA) is 90.6 Å². The molecule has 0 aliphatic heterocycles. The highest BCUT2D eigenvalue weighted by Gasteiger charge is 2.26. The van der Waals surface area contributed by atoms with Gasteiger partial charge in [0.05, 0.1) is 5.92 Å². The van der Waals surface area contributed by atoms with Gasteiger partial charge in [0.25, 0.3) is 0 Å². The van der Waals surface area contributed by atoms with Crippen LogP contribution in [0.4, 0.5) is 10.5 Å². The summed E-state index contributed by atoms with van der Waals surface area (Å²) in [7, 11) is 0. The highest BCUT2D eigenvalue weighted by Crippen LogP contribution is 2.18. The van der Waals surface area contributed by atoms with Crippen molar-refractivity contribution < 1.29 is 19.1 Å². The number of anilines is 1. The van der Waals surface area contributed by atoms with Crippen LogP contribution in [0.1, 0.15) is 60.5 Å². The van der Waals surface area contributed by atoms with E-state index in [1.165, 1.54) is 0 Å². The van der Waals surface area contributed by atoms with Crippen LogP contribution in [0.25, 0.3) is 0 Å². The van der Waals surface area contributed by atoms with E-state index >= 15 is 0 Å². The van der Waals surface area contributed by atoms with Gasteiger partial charge < -0.3 is 20.5 Å². The maximum atomic E-state index is 12.3. The van der Waals surface area contributed by atoms with Gasteiger partial charge >= 0.3 is 12.1 Å². The molecule has 0 aliphatic rings. The Hall–Kier alpha value is -2.24. The third kappa shape index (κ3) is 9.87. The maximum absolute atomic E-state index is 12.3. The van der Waals surface area contributed by atoms with Gasteiger partial charge in [-0.3, -0.25) is 4.79 Å². The van der Waals surface area contributed by atoms with Gasteiger partial charge in [0.2, 0.25) is 0 Å². The lowest BCUT2D eigenvalue weighted by Crippen LogP contribution is -2.42. The third-order valence-corrected chi connectivity index (χ3v) is 3.63. The second-order valence-electron chi connectivity index (χ2n) is 8.96. The summed E-state index contributed by atoms with van der Waals surface area (Å²) in [6.07, 6.45) is 0.505. The Morgan fingerprint density at radius 3 is 2.00 bits per heavy atom. The Kier molecular flexibility index (Phi) is 7.69. The number of ether oxygens (including phenoxy) is 2. The maximum Gasteiger partial charge on any atom is 0.407 e. The number of nitrogens with two attached hydrogens (primary N) is 1. The van der Waals surface area contributed by atoms with E-state index in [0.29, 0.717) is 18.5 Å². The second-order valence-corrected chi connectivity index (χ2v) is 8.96. The zero-order valence-electron chi connectivity index (χ0n) is 17.6. The minimum Gasteiger partial charge on any atom is -0.460 e. The molecule has 1 aromatic carbocycles. The Labute approximate surface area is 162 Å². The van der Waals surface area contributed by atoms with Crippen LogP contribution in [-0.4, -0.2) is 29.3 Å². The zero-order valence-corrected chi connectivity index (χ0v) is 17.6. The lowest BCUT2D eigenvalue weighted by molar-refractivity contribution is -0.159. The standard InChI is InChI=1S/C21H34N2O4/c1-14(18(24)26-20(2,3)4)12-17(23-19(25)27-21(5,6)7)13-15-8-10-16(22)11-9-15/h8-11,14,17H,12-13,22H2,1-7H3,(H,23,25)/t14-,17-/m1/s1. The summed E-state index contributed by atoms with van der Waals surface area (Å²) in [5.41, 5.74) is 6.29. The molecule has 0 bridgehead atoms. The molecule has 0 fully saturated rings. The summed E-state index contributed by atoms with van der Waals surface area (Å²) in [5, 5.41) is 2.89. The van der Waals surface area contributed by atoms with E-state index in [9.17, 15) is 9.59 Å². The van der Waals surface area contributed by atoms with E-state index in [0.717, 1.165) is 5.56 Å². The van der Waals surface area contributed by atoms with E-state index < -0.39 is 17.3 Å². The van der Waals surface area contributed by atoms with Crippen molar-refractivity contribution in [1.29, 1.82) is 0 Å². The fourth-order valence-electron chi connectivity index (χ4n) is 2.53. The van der Waals surface area contributed by atoms with Crippen molar-refractivity contribution in [2.75, 3.05) is 5.73 Å². The number of esters is 1. The zero-order chi connectivity index (χ0) is 20.8. The normalized spacial score (nSPS) is 14.2. The number of carbonyl (C=O) groups is 2. The first-order valence-electron chi connectivity index (χ1n) is 9.32. The molecule has 2 atom stereocenters. The van der Waals surface area contributed by atoms with Crippen molar-refractivity contribution in [3.05, 3.63) is 29.8 Å². The van der Waals surface area contributed by atoms with E-state index in [1.807, 2.05) is 65.8 Å². The Bertz CT molecular complexity index is 627. The van der Waals surface area contributed by atoms with Gasteiger partial charge in [-0.15, -0.1) is 0 Å². The van der Waals surface area contributed by atoms with Gasteiger partial charge in [0.1, 0.15) is 11.2 Å². The van der Waals surface area contributed by atoms with Crippen LogP contribution in [0.15, 0.2) is 24.3 Å². The number of amides is 1. The van der Waals surface area contributed by atoms with Crippen LogP contribution in [0, 0.1) is 5.92 Å². The summed E-state index contributed by atoms with van der Waals surface area (Å²) in [5.74, 6) is -0.645. The highest BCUT2D eigenvalue weighted by atomic mass is 16.6. The van der Waals surface area contributed by atoms with Crippen molar-refractivity contribution in [2.45, 2.75) is 78.6 Å². The molecule has 152 valence electrons. The fourth-order valence-corrected chi connectivity index (χ4v) is 2.53. The molecular formula is C21H34N2O4. The summed E-state index contributed by atoms with van der Waals surface area (Å²) < 4.78 is 10.8.